The largest absolute Gasteiger partial charge is 0.573 e. The van der Waals surface area contributed by atoms with Crippen LogP contribution in [0.2, 0.25) is 0 Å². The van der Waals surface area contributed by atoms with E-state index in [4.69, 9.17) is 29.6 Å². The maximum absolute atomic E-state index is 13.2. The zero-order valence-electron chi connectivity index (χ0n) is 40.6. The summed E-state index contributed by atoms with van der Waals surface area (Å²) in [7, 11) is -1.75. The SMILES string of the molecule is FC(F)(F)Oc1ccc(OC2CCNCC2)cc1.O=C(OCc1ccccc1)N1CCC(S(=O)(=O)Cl)CC1.O=C(OCc1ccccc1)N1CCC(S(=O)(=O)N2CCC(Oc3ccc(OC(F)(F)F)cc3)CC2)CC1. The quantitative estimate of drug-likeness (QED) is 0.0989. The second kappa shape index (κ2) is 27.4. The lowest BCUT2D eigenvalue weighted by atomic mass is 10.1. The molecule has 0 atom stereocenters. The van der Waals surface area contributed by atoms with E-state index in [1.54, 1.807) is 4.90 Å². The van der Waals surface area contributed by atoms with Gasteiger partial charge >= 0.3 is 24.9 Å². The van der Waals surface area contributed by atoms with Crippen LogP contribution in [0.4, 0.5) is 35.9 Å². The van der Waals surface area contributed by atoms with Crippen LogP contribution in [0, 0.1) is 0 Å². The first-order valence-electron chi connectivity index (χ1n) is 24.2. The van der Waals surface area contributed by atoms with Crippen LogP contribution >= 0.6 is 10.7 Å². The molecule has 0 unspecified atom stereocenters. The fourth-order valence-corrected chi connectivity index (χ4v) is 11.7. The molecule has 75 heavy (non-hydrogen) atoms. The Morgan fingerprint density at radius 2 is 0.867 bits per heavy atom. The maximum Gasteiger partial charge on any atom is 0.573 e. The minimum Gasteiger partial charge on any atom is -0.490 e. The van der Waals surface area contributed by atoms with E-state index >= 15 is 0 Å². The summed E-state index contributed by atoms with van der Waals surface area (Å²) in [6.45, 7) is 4.10. The number of likely N-dealkylation sites (tertiary alicyclic amines) is 2. The molecule has 4 fully saturated rings. The number of hydrogen-bond acceptors (Lipinski definition) is 13. The molecule has 4 aliphatic heterocycles. The molecule has 0 aromatic heterocycles. The molecule has 0 aliphatic carbocycles. The summed E-state index contributed by atoms with van der Waals surface area (Å²) in [6, 6.07) is 29.3. The lowest BCUT2D eigenvalue weighted by Crippen LogP contribution is -2.49. The van der Waals surface area contributed by atoms with E-state index in [1.165, 1.54) is 57.7 Å². The van der Waals surface area contributed by atoms with E-state index in [2.05, 4.69) is 14.8 Å². The van der Waals surface area contributed by atoms with Crippen molar-refractivity contribution in [3.63, 3.8) is 0 Å². The highest BCUT2D eigenvalue weighted by molar-refractivity contribution is 8.14. The van der Waals surface area contributed by atoms with E-state index in [1.807, 2.05) is 60.7 Å². The maximum atomic E-state index is 13.2. The Labute approximate surface area is 436 Å². The number of halogens is 7. The highest BCUT2D eigenvalue weighted by Gasteiger charge is 2.39. The number of nitrogens with zero attached hydrogens (tertiary/aromatic N) is 3. The number of alkyl halides is 6. The van der Waals surface area contributed by atoms with E-state index in [-0.39, 0.29) is 36.9 Å². The van der Waals surface area contributed by atoms with E-state index in [0.29, 0.717) is 89.3 Å². The van der Waals surface area contributed by atoms with E-state index in [9.17, 15) is 52.8 Å². The molecular weight excluding hydrogens is 1060 g/mol. The highest BCUT2D eigenvalue weighted by Crippen LogP contribution is 2.30. The molecule has 4 aliphatic rings. The average molecular weight is 1120 g/mol. The van der Waals surface area contributed by atoms with Crippen molar-refractivity contribution >= 4 is 41.9 Å². The summed E-state index contributed by atoms with van der Waals surface area (Å²) in [5.41, 5.74) is 1.80. The lowest BCUT2D eigenvalue weighted by Gasteiger charge is -2.37. The van der Waals surface area contributed by atoms with Crippen LogP contribution in [0.5, 0.6) is 23.0 Å². The van der Waals surface area contributed by atoms with Crippen molar-refractivity contribution in [2.75, 3.05) is 52.4 Å². The zero-order valence-corrected chi connectivity index (χ0v) is 43.0. The van der Waals surface area contributed by atoms with Gasteiger partial charge in [-0.25, -0.2) is 30.7 Å². The molecule has 4 aromatic carbocycles. The first-order valence-corrected chi connectivity index (χ1v) is 28.1. The van der Waals surface area contributed by atoms with Crippen LogP contribution in [-0.2, 0) is 41.8 Å². The van der Waals surface area contributed by atoms with Gasteiger partial charge in [-0.15, -0.1) is 26.3 Å². The number of benzene rings is 4. The molecule has 4 saturated heterocycles. The second-order valence-corrected chi connectivity index (χ2v) is 22.9. The highest BCUT2D eigenvalue weighted by atomic mass is 35.7. The topological polar surface area (TPSA) is 180 Å². The Kier molecular flexibility index (Phi) is 21.4. The molecule has 4 aromatic rings. The molecule has 25 heteroatoms. The van der Waals surface area contributed by atoms with E-state index in [0.717, 1.165) is 37.1 Å². The number of sulfonamides is 1. The van der Waals surface area contributed by atoms with Crippen molar-refractivity contribution in [3.8, 4) is 23.0 Å². The Morgan fingerprint density at radius 3 is 1.24 bits per heavy atom. The third-order valence-corrected chi connectivity index (χ3v) is 16.8. The standard InChI is InChI=1S/C25H29F3N2O6S.C13H16ClNO4S.C12H14F3NO2/c26-25(27,28)36-22-8-6-20(7-9-22)35-21-10-16-30(17-11-21)37(32,33)23-12-14-29(15-13-23)24(31)34-18-19-4-2-1-3-5-19;14-20(17,18)12-6-8-15(9-7-12)13(16)19-10-11-4-2-1-3-5-11;13-12(14,15)18-11-3-1-9(2-4-11)17-10-5-7-16-8-6-10/h1-9,21,23H,10-18H2;1-5,12H,6-10H2;1-4,10,16H,5-8H2. The summed E-state index contributed by atoms with van der Waals surface area (Å²) in [6.07, 6.45) is -6.29. The van der Waals surface area contributed by atoms with Crippen LogP contribution in [0.3, 0.4) is 0 Å². The van der Waals surface area contributed by atoms with Crippen molar-refractivity contribution in [1.82, 2.24) is 19.4 Å². The number of piperidine rings is 4. The number of rotatable bonds is 13. The molecular formula is C50H59ClF6N4O12S2. The third-order valence-electron chi connectivity index (χ3n) is 12.4. The summed E-state index contributed by atoms with van der Waals surface area (Å²) >= 11 is 0. The molecule has 0 radical (unpaired) electrons. The fourth-order valence-electron chi connectivity index (χ4n) is 8.43. The fraction of sp³-hybridized carbons (Fsp3) is 0.480. The molecule has 4 heterocycles. The lowest BCUT2D eigenvalue weighted by molar-refractivity contribution is -0.275. The number of hydrogen-bond donors (Lipinski definition) is 1. The molecule has 0 bridgehead atoms. The first kappa shape index (κ1) is 58.6. The molecule has 412 valence electrons. The van der Waals surface area contributed by atoms with Crippen molar-refractivity contribution in [2.24, 2.45) is 0 Å². The Morgan fingerprint density at radius 1 is 0.507 bits per heavy atom. The molecule has 2 amide bonds. The predicted octanol–water partition coefficient (Wildman–Crippen LogP) is 9.63. The van der Waals surface area contributed by atoms with Gasteiger partial charge in [0.2, 0.25) is 19.1 Å². The number of amides is 2. The predicted molar refractivity (Wildman–Crippen MR) is 264 cm³/mol. The van der Waals surface area contributed by atoms with Crippen LogP contribution < -0.4 is 24.3 Å². The van der Waals surface area contributed by atoms with Crippen molar-refractivity contribution in [1.29, 1.82) is 0 Å². The number of ether oxygens (including phenoxy) is 6. The minimum atomic E-state index is -4.76. The van der Waals surface area contributed by atoms with Crippen LogP contribution in [-0.4, -0.2) is 131 Å². The Bertz CT molecular complexity index is 2600. The van der Waals surface area contributed by atoms with Crippen LogP contribution in [0.25, 0.3) is 0 Å². The number of nitrogens with one attached hydrogen (secondary N) is 1. The van der Waals surface area contributed by atoms with Gasteiger partial charge in [-0.1, -0.05) is 60.7 Å². The normalized spacial score (nSPS) is 17.8. The van der Waals surface area contributed by atoms with Gasteiger partial charge in [-0.2, -0.15) is 0 Å². The van der Waals surface area contributed by atoms with Gasteiger partial charge in [-0.05, 0) is 124 Å². The molecule has 0 spiro atoms. The summed E-state index contributed by atoms with van der Waals surface area (Å²) in [5.74, 6) is 0.384. The molecule has 16 nitrogen and oxygen atoms in total. The van der Waals surface area contributed by atoms with Crippen molar-refractivity contribution in [3.05, 3.63) is 120 Å². The monoisotopic (exact) mass is 1120 g/mol. The first-order chi connectivity index (χ1) is 35.6. The molecule has 1 N–H and O–H groups in total. The van der Waals surface area contributed by atoms with Gasteiger partial charge in [0.05, 0.1) is 10.5 Å². The Hall–Kier alpha value is -5.69. The van der Waals surface area contributed by atoms with Gasteiger partial charge < -0.3 is 43.5 Å². The summed E-state index contributed by atoms with van der Waals surface area (Å²) in [5, 5.41) is 2.08. The van der Waals surface area contributed by atoms with E-state index < -0.39 is 54.5 Å². The average Bonchev–Trinajstić information content (AvgIpc) is 3.39. The summed E-state index contributed by atoms with van der Waals surface area (Å²) in [4.78, 5) is 27.3. The van der Waals surface area contributed by atoms with Crippen molar-refractivity contribution in [2.45, 2.75) is 100 Å². The number of carbonyl (C=O) groups is 2. The third kappa shape index (κ3) is 20.1. The van der Waals surface area contributed by atoms with Crippen molar-refractivity contribution < 1.29 is 81.2 Å². The Balaban J connectivity index is 0.000000202. The molecule has 8 rings (SSSR count). The minimum absolute atomic E-state index is 0.126. The van der Waals surface area contributed by atoms with Gasteiger partial charge in [0.25, 0.3) is 0 Å². The van der Waals surface area contributed by atoms with Gasteiger partial charge in [0.1, 0.15) is 48.4 Å². The number of carbonyl (C=O) groups excluding carboxylic acids is 2. The van der Waals surface area contributed by atoms with Crippen LogP contribution in [0.15, 0.2) is 109 Å². The summed E-state index contributed by atoms with van der Waals surface area (Å²) < 4.78 is 153. The van der Waals surface area contributed by atoms with Crippen LogP contribution in [0.1, 0.15) is 62.5 Å². The second-order valence-electron chi connectivity index (χ2n) is 17.8. The zero-order chi connectivity index (χ0) is 54.1. The van der Waals surface area contributed by atoms with Gasteiger partial charge in [-0.3, -0.25) is 0 Å². The van der Waals surface area contributed by atoms with Gasteiger partial charge in [0, 0.05) is 50.0 Å². The smallest absolute Gasteiger partial charge is 0.490 e. The molecule has 0 saturated carbocycles. The van der Waals surface area contributed by atoms with Gasteiger partial charge in [0.15, 0.2) is 0 Å².